The molecule has 0 aromatic heterocycles. The van der Waals surface area contributed by atoms with Gasteiger partial charge in [-0.05, 0) is 13.8 Å². The van der Waals surface area contributed by atoms with Crippen LogP contribution < -0.4 is 0 Å². The first-order chi connectivity index (χ1) is 3.89. The molecule has 0 heterocycles. The van der Waals surface area contributed by atoms with Gasteiger partial charge in [0.05, 0.1) is 0 Å². The molecule has 0 spiro atoms. The van der Waals surface area contributed by atoms with E-state index in [2.05, 4.69) is 70.6 Å². The lowest BCUT2D eigenvalue weighted by Crippen LogP contribution is -2.20. The quantitative estimate of drug-likeness (QED) is 0.400. The lowest BCUT2D eigenvalue weighted by molar-refractivity contribution is 1.62. The van der Waals surface area contributed by atoms with Gasteiger partial charge in [0, 0.05) is 0 Å². The SMILES string of the molecule is C=C(C)[Si](I)(I)C(=C)C. The maximum Gasteiger partial charge on any atom is 0.241 e. The molecule has 0 saturated heterocycles. The Morgan fingerprint density at radius 3 is 1.33 bits per heavy atom. The van der Waals surface area contributed by atoms with E-state index in [9.17, 15) is 0 Å². The van der Waals surface area contributed by atoms with Crippen molar-refractivity contribution in [2.45, 2.75) is 13.8 Å². The molecule has 0 nitrogen and oxygen atoms in total. The van der Waals surface area contributed by atoms with Crippen LogP contribution in [0.2, 0.25) is 0 Å². The van der Waals surface area contributed by atoms with Crippen molar-refractivity contribution in [3.8, 4) is 0 Å². The van der Waals surface area contributed by atoms with Crippen LogP contribution in [-0.2, 0) is 0 Å². The minimum Gasteiger partial charge on any atom is -0.102 e. The van der Waals surface area contributed by atoms with Gasteiger partial charge in [0.25, 0.3) is 0 Å². The van der Waals surface area contributed by atoms with E-state index in [0.717, 1.165) is 0 Å². The molecule has 0 saturated carbocycles. The van der Waals surface area contributed by atoms with Crippen molar-refractivity contribution in [3.63, 3.8) is 0 Å². The van der Waals surface area contributed by atoms with Crippen LogP contribution in [0.1, 0.15) is 13.8 Å². The van der Waals surface area contributed by atoms with Crippen molar-refractivity contribution < 1.29 is 0 Å². The highest BCUT2D eigenvalue weighted by Crippen LogP contribution is 2.34. The van der Waals surface area contributed by atoms with Gasteiger partial charge in [0.2, 0.25) is 3.07 Å². The van der Waals surface area contributed by atoms with Crippen LogP contribution in [0.4, 0.5) is 0 Å². The summed E-state index contributed by atoms with van der Waals surface area (Å²) >= 11 is 4.96. The van der Waals surface area contributed by atoms with Crippen molar-refractivity contribution >= 4 is 46.7 Å². The van der Waals surface area contributed by atoms with Gasteiger partial charge in [-0.3, -0.25) is 0 Å². The summed E-state index contributed by atoms with van der Waals surface area (Å²) < 4.78 is -1.31. The Hall–Kier alpha value is 1.16. The van der Waals surface area contributed by atoms with Gasteiger partial charge < -0.3 is 0 Å². The Kier molecular flexibility index (Phi) is 3.97. The van der Waals surface area contributed by atoms with Crippen molar-refractivity contribution in [1.29, 1.82) is 0 Å². The molecule has 0 radical (unpaired) electrons. The lowest BCUT2D eigenvalue weighted by Gasteiger charge is -2.17. The van der Waals surface area contributed by atoms with Gasteiger partial charge in [-0.15, -0.1) is 13.2 Å². The van der Waals surface area contributed by atoms with Crippen LogP contribution in [0.15, 0.2) is 23.6 Å². The summed E-state index contributed by atoms with van der Waals surface area (Å²) in [5, 5.41) is 2.58. The molecule has 0 aromatic carbocycles. The van der Waals surface area contributed by atoms with Crippen LogP contribution in [0.3, 0.4) is 0 Å². The first-order valence-corrected chi connectivity index (χ1v) is 10.8. The zero-order valence-corrected chi connectivity index (χ0v) is 11.0. The number of allylic oxidation sites excluding steroid dienone is 2. The average molecular weight is 364 g/mol. The third-order valence-corrected chi connectivity index (χ3v) is 14.3. The largest absolute Gasteiger partial charge is 0.241 e. The molecule has 0 aliphatic carbocycles. The molecule has 0 amide bonds. The molecular weight excluding hydrogens is 354 g/mol. The molecule has 0 aliphatic heterocycles. The highest BCUT2D eigenvalue weighted by atomic mass is 127. The molecule has 3 heteroatoms. The van der Waals surface area contributed by atoms with Crippen LogP contribution in [-0.4, -0.2) is 3.07 Å². The highest BCUT2D eigenvalue weighted by Gasteiger charge is 2.27. The minimum absolute atomic E-state index is 1.29. The summed E-state index contributed by atoms with van der Waals surface area (Å²) in [7, 11) is 0. The summed E-state index contributed by atoms with van der Waals surface area (Å²) in [4.78, 5) is 0. The minimum atomic E-state index is -1.31. The zero-order valence-electron chi connectivity index (χ0n) is 5.67. The summed E-state index contributed by atoms with van der Waals surface area (Å²) in [6.07, 6.45) is 0. The smallest absolute Gasteiger partial charge is 0.102 e. The Balaban J connectivity index is 4.38. The maximum absolute atomic E-state index is 3.93. The van der Waals surface area contributed by atoms with E-state index >= 15 is 0 Å². The average Bonchev–Trinajstić information content (AvgIpc) is 1.65. The van der Waals surface area contributed by atoms with E-state index in [-0.39, 0.29) is 0 Å². The predicted octanol–water partition coefficient (Wildman–Crippen LogP) is 3.53. The van der Waals surface area contributed by atoms with E-state index in [4.69, 9.17) is 0 Å². The second kappa shape index (κ2) is 3.52. The zero-order chi connectivity index (χ0) is 7.65. The summed E-state index contributed by atoms with van der Waals surface area (Å²) in [5.41, 5.74) is 0. The lowest BCUT2D eigenvalue weighted by atomic mass is 10.7. The molecule has 0 aromatic rings. The highest BCUT2D eigenvalue weighted by molar-refractivity contribution is 14.3. The summed E-state index contributed by atoms with van der Waals surface area (Å²) in [6, 6.07) is 0. The van der Waals surface area contributed by atoms with E-state index in [1.165, 1.54) is 10.4 Å². The molecule has 0 unspecified atom stereocenters. The second-order valence-electron chi connectivity index (χ2n) is 2.14. The molecule has 0 N–H and O–H groups in total. The molecular formula is C6H10I2Si. The Morgan fingerprint density at radius 2 is 1.33 bits per heavy atom. The van der Waals surface area contributed by atoms with Gasteiger partial charge in [-0.1, -0.05) is 54.0 Å². The van der Waals surface area contributed by atoms with Crippen LogP contribution in [0.25, 0.3) is 0 Å². The third-order valence-electron chi connectivity index (χ3n) is 1.07. The summed E-state index contributed by atoms with van der Waals surface area (Å²) in [6.45, 7) is 12.0. The van der Waals surface area contributed by atoms with Crippen molar-refractivity contribution in [2.75, 3.05) is 0 Å². The predicted molar refractivity (Wildman–Crippen MR) is 63.4 cm³/mol. The molecule has 0 bridgehead atoms. The normalized spacial score (nSPS) is 11.1. The van der Waals surface area contributed by atoms with E-state index in [1.54, 1.807) is 0 Å². The van der Waals surface area contributed by atoms with Gasteiger partial charge in [-0.2, -0.15) is 0 Å². The fourth-order valence-corrected chi connectivity index (χ4v) is 1.09. The Morgan fingerprint density at radius 1 is 1.11 bits per heavy atom. The number of hydrogen-bond donors (Lipinski definition) is 0. The number of halogens is 2. The van der Waals surface area contributed by atoms with E-state index in [1.807, 2.05) is 0 Å². The molecule has 0 rings (SSSR count). The number of hydrogen-bond acceptors (Lipinski definition) is 0. The summed E-state index contributed by atoms with van der Waals surface area (Å²) in [5.74, 6) is 0. The standard InChI is InChI=1S/C6H10I2Si/c1-5(2)9(7,8)6(3)4/h1,3H2,2,4H3. The number of rotatable bonds is 2. The molecule has 0 atom stereocenters. The molecule has 0 aliphatic rings. The van der Waals surface area contributed by atoms with E-state index < -0.39 is 3.07 Å². The van der Waals surface area contributed by atoms with Gasteiger partial charge in [0.15, 0.2) is 0 Å². The third kappa shape index (κ3) is 2.71. The fraction of sp³-hybridized carbons (Fsp3) is 0.333. The molecule has 9 heavy (non-hydrogen) atoms. The Bertz CT molecular complexity index is 133. The fourth-order valence-electron chi connectivity index (χ4n) is 0.364. The first kappa shape index (κ1) is 10.2. The molecule has 52 valence electrons. The molecule has 0 fully saturated rings. The van der Waals surface area contributed by atoms with E-state index in [0.29, 0.717) is 0 Å². The van der Waals surface area contributed by atoms with Crippen molar-refractivity contribution in [2.24, 2.45) is 0 Å². The second-order valence-corrected chi connectivity index (χ2v) is 20.9. The van der Waals surface area contributed by atoms with Gasteiger partial charge in [-0.25, -0.2) is 0 Å². The van der Waals surface area contributed by atoms with Gasteiger partial charge >= 0.3 is 0 Å². The van der Waals surface area contributed by atoms with Gasteiger partial charge in [0.1, 0.15) is 0 Å². The first-order valence-electron chi connectivity index (χ1n) is 2.59. The topological polar surface area (TPSA) is 0 Å². The maximum atomic E-state index is 3.93. The monoisotopic (exact) mass is 364 g/mol. The van der Waals surface area contributed by atoms with Crippen molar-refractivity contribution in [1.82, 2.24) is 0 Å². The Labute approximate surface area is 83.2 Å². The van der Waals surface area contributed by atoms with Crippen molar-refractivity contribution in [3.05, 3.63) is 23.6 Å². The van der Waals surface area contributed by atoms with Crippen LogP contribution in [0, 0.1) is 0 Å². The van der Waals surface area contributed by atoms with Crippen LogP contribution in [0.5, 0.6) is 0 Å². The van der Waals surface area contributed by atoms with Crippen LogP contribution >= 0.6 is 43.6 Å².